The SMILES string of the molecule is Cc1cc(C)c(NC(=O)c2cccc(S(=O)(=O)Nc3ccccc3F)c2)c(C)c1. The molecule has 0 bridgehead atoms. The highest BCUT2D eigenvalue weighted by Crippen LogP contribution is 2.24. The number of hydrogen-bond acceptors (Lipinski definition) is 3. The van der Waals surface area contributed by atoms with Gasteiger partial charge in [-0.25, -0.2) is 12.8 Å². The lowest BCUT2D eigenvalue weighted by atomic mass is 10.0. The van der Waals surface area contributed by atoms with Gasteiger partial charge in [0.1, 0.15) is 5.82 Å². The highest BCUT2D eigenvalue weighted by Gasteiger charge is 2.18. The lowest BCUT2D eigenvalue weighted by Gasteiger charge is -2.14. The molecule has 0 heterocycles. The maximum absolute atomic E-state index is 13.8. The lowest BCUT2D eigenvalue weighted by molar-refractivity contribution is 0.102. The molecule has 0 saturated heterocycles. The predicted octanol–water partition coefficient (Wildman–Crippen LogP) is 4.80. The Morgan fingerprint density at radius 2 is 1.55 bits per heavy atom. The fourth-order valence-corrected chi connectivity index (χ4v) is 4.23. The van der Waals surface area contributed by atoms with E-state index in [4.69, 9.17) is 0 Å². The summed E-state index contributed by atoms with van der Waals surface area (Å²) in [6.45, 7) is 5.77. The largest absolute Gasteiger partial charge is 0.322 e. The Kier molecular flexibility index (Phi) is 5.70. The zero-order chi connectivity index (χ0) is 21.2. The molecule has 5 nitrogen and oxygen atoms in total. The van der Waals surface area contributed by atoms with E-state index in [9.17, 15) is 17.6 Å². The highest BCUT2D eigenvalue weighted by molar-refractivity contribution is 7.92. The molecule has 0 aliphatic rings. The summed E-state index contributed by atoms with van der Waals surface area (Å²) in [5, 5.41) is 2.85. The van der Waals surface area contributed by atoms with Crippen molar-refractivity contribution in [2.24, 2.45) is 0 Å². The average Bonchev–Trinajstić information content (AvgIpc) is 2.66. The second-order valence-corrected chi connectivity index (χ2v) is 8.52. The number of halogens is 1. The van der Waals surface area contributed by atoms with Crippen LogP contribution in [0.4, 0.5) is 15.8 Å². The first-order valence-electron chi connectivity index (χ1n) is 8.94. The van der Waals surface area contributed by atoms with Crippen LogP contribution in [0.25, 0.3) is 0 Å². The molecule has 0 aliphatic heterocycles. The molecular weight excluding hydrogens is 391 g/mol. The molecule has 0 aromatic heterocycles. The van der Waals surface area contributed by atoms with E-state index < -0.39 is 21.7 Å². The minimum atomic E-state index is -4.06. The first-order chi connectivity index (χ1) is 13.7. The van der Waals surface area contributed by atoms with Gasteiger partial charge in [0.15, 0.2) is 0 Å². The van der Waals surface area contributed by atoms with Gasteiger partial charge >= 0.3 is 0 Å². The van der Waals surface area contributed by atoms with Crippen molar-refractivity contribution < 1.29 is 17.6 Å². The van der Waals surface area contributed by atoms with E-state index in [1.54, 1.807) is 0 Å². The van der Waals surface area contributed by atoms with Crippen LogP contribution in [0.3, 0.4) is 0 Å². The Hall–Kier alpha value is -3.19. The Balaban J connectivity index is 1.87. The molecule has 7 heteroatoms. The molecule has 3 aromatic rings. The minimum Gasteiger partial charge on any atom is -0.322 e. The Bertz CT molecular complexity index is 1170. The van der Waals surface area contributed by atoms with Crippen molar-refractivity contribution in [2.45, 2.75) is 25.7 Å². The molecule has 0 atom stereocenters. The second kappa shape index (κ2) is 8.05. The number of hydrogen-bond donors (Lipinski definition) is 2. The van der Waals surface area contributed by atoms with Crippen LogP contribution in [-0.4, -0.2) is 14.3 Å². The van der Waals surface area contributed by atoms with E-state index in [-0.39, 0.29) is 16.1 Å². The summed E-state index contributed by atoms with van der Waals surface area (Å²) in [5.74, 6) is -1.11. The van der Waals surface area contributed by atoms with Gasteiger partial charge in [0.25, 0.3) is 15.9 Å². The predicted molar refractivity (Wildman–Crippen MR) is 112 cm³/mol. The average molecular weight is 412 g/mol. The fourth-order valence-electron chi connectivity index (χ4n) is 3.12. The molecule has 0 saturated carbocycles. The van der Waals surface area contributed by atoms with Gasteiger partial charge in [-0.2, -0.15) is 0 Å². The number of nitrogens with one attached hydrogen (secondary N) is 2. The van der Waals surface area contributed by atoms with E-state index in [1.807, 2.05) is 32.9 Å². The summed E-state index contributed by atoms with van der Waals surface area (Å²) < 4.78 is 41.3. The molecule has 0 fully saturated rings. The number of carbonyl (C=O) groups excluding carboxylic acids is 1. The topological polar surface area (TPSA) is 75.3 Å². The fraction of sp³-hybridized carbons (Fsp3) is 0.136. The van der Waals surface area contributed by atoms with Gasteiger partial charge < -0.3 is 5.32 Å². The Morgan fingerprint density at radius 1 is 0.897 bits per heavy atom. The summed E-state index contributed by atoms with van der Waals surface area (Å²) in [6.07, 6.45) is 0. The Labute approximate surface area is 169 Å². The molecule has 1 amide bonds. The monoisotopic (exact) mass is 412 g/mol. The summed E-state index contributed by atoms with van der Waals surface area (Å²) in [5.41, 5.74) is 3.64. The van der Waals surface area contributed by atoms with Crippen LogP contribution in [0, 0.1) is 26.6 Å². The van der Waals surface area contributed by atoms with Crippen LogP contribution in [0.15, 0.2) is 65.6 Å². The molecule has 0 radical (unpaired) electrons. The summed E-state index contributed by atoms with van der Waals surface area (Å²) in [7, 11) is -4.06. The highest BCUT2D eigenvalue weighted by atomic mass is 32.2. The number of anilines is 2. The minimum absolute atomic E-state index is 0.134. The van der Waals surface area contributed by atoms with Crippen LogP contribution in [0.1, 0.15) is 27.0 Å². The van der Waals surface area contributed by atoms with Gasteiger partial charge in [-0.15, -0.1) is 0 Å². The van der Waals surface area contributed by atoms with Crippen LogP contribution < -0.4 is 10.0 Å². The smallest absolute Gasteiger partial charge is 0.262 e. The molecule has 29 heavy (non-hydrogen) atoms. The Morgan fingerprint density at radius 3 is 2.21 bits per heavy atom. The molecule has 3 rings (SSSR count). The number of sulfonamides is 1. The third-order valence-corrected chi connectivity index (χ3v) is 5.80. The quantitative estimate of drug-likeness (QED) is 0.632. The van der Waals surface area contributed by atoms with Crippen molar-refractivity contribution in [1.82, 2.24) is 0 Å². The van der Waals surface area contributed by atoms with E-state index in [0.717, 1.165) is 22.8 Å². The molecule has 3 aromatic carbocycles. The summed E-state index contributed by atoms with van der Waals surface area (Å²) in [4.78, 5) is 12.6. The van der Waals surface area contributed by atoms with Crippen molar-refractivity contribution in [1.29, 1.82) is 0 Å². The lowest BCUT2D eigenvalue weighted by Crippen LogP contribution is -2.17. The molecule has 2 N–H and O–H groups in total. The third kappa shape index (κ3) is 4.63. The summed E-state index contributed by atoms with van der Waals surface area (Å²) >= 11 is 0. The molecule has 0 aliphatic carbocycles. The molecular formula is C22H21FN2O3S. The standard InChI is InChI=1S/C22H21FN2O3S/c1-14-11-15(2)21(16(3)12-14)24-22(26)17-7-6-8-18(13-17)29(27,28)25-20-10-5-4-9-19(20)23/h4-13,25H,1-3H3,(H,24,26). The van der Waals surface area contributed by atoms with Crippen molar-refractivity contribution in [2.75, 3.05) is 10.0 Å². The van der Waals surface area contributed by atoms with Gasteiger partial charge in [0.2, 0.25) is 0 Å². The zero-order valence-corrected chi connectivity index (χ0v) is 17.1. The van der Waals surface area contributed by atoms with Crippen molar-refractivity contribution >= 4 is 27.3 Å². The number of para-hydroxylation sites is 1. The number of amides is 1. The first kappa shape index (κ1) is 20.5. The van der Waals surface area contributed by atoms with E-state index in [2.05, 4.69) is 10.0 Å². The number of aryl methyl sites for hydroxylation is 3. The van der Waals surface area contributed by atoms with Crippen molar-refractivity contribution in [3.8, 4) is 0 Å². The van der Waals surface area contributed by atoms with Gasteiger partial charge in [0, 0.05) is 11.3 Å². The van der Waals surface area contributed by atoms with Crippen LogP contribution in [0.5, 0.6) is 0 Å². The zero-order valence-electron chi connectivity index (χ0n) is 16.3. The van der Waals surface area contributed by atoms with E-state index >= 15 is 0 Å². The van der Waals surface area contributed by atoms with Gasteiger partial charge in [-0.05, 0) is 62.2 Å². The van der Waals surface area contributed by atoms with Gasteiger partial charge in [-0.1, -0.05) is 35.9 Å². The normalized spacial score (nSPS) is 11.2. The maximum atomic E-state index is 13.8. The van der Waals surface area contributed by atoms with Gasteiger partial charge in [-0.3, -0.25) is 9.52 Å². The first-order valence-corrected chi connectivity index (χ1v) is 10.4. The molecule has 0 unspecified atom stereocenters. The van der Waals surface area contributed by atoms with E-state index in [0.29, 0.717) is 5.69 Å². The van der Waals surface area contributed by atoms with Crippen LogP contribution in [0.2, 0.25) is 0 Å². The third-order valence-electron chi connectivity index (χ3n) is 4.44. The number of rotatable bonds is 5. The summed E-state index contributed by atoms with van der Waals surface area (Å²) in [6, 6.07) is 15.0. The van der Waals surface area contributed by atoms with Crippen LogP contribution in [-0.2, 0) is 10.0 Å². The van der Waals surface area contributed by atoms with Crippen molar-refractivity contribution in [3.63, 3.8) is 0 Å². The second-order valence-electron chi connectivity index (χ2n) is 6.84. The van der Waals surface area contributed by atoms with Crippen molar-refractivity contribution in [3.05, 3.63) is 88.7 Å². The molecule has 150 valence electrons. The van der Waals surface area contributed by atoms with Crippen LogP contribution >= 0.6 is 0 Å². The van der Waals surface area contributed by atoms with Gasteiger partial charge in [0.05, 0.1) is 10.6 Å². The number of benzene rings is 3. The molecule has 0 spiro atoms. The maximum Gasteiger partial charge on any atom is 0.262 e. The number of carbonyl (C=O) groups is 1. The van der Waals surface area contributed by atoms with E-state index in [1.165, 1.54) is 42.5 Å².